The fraction of sp³-hybridized carbons (Fsp3) is 0.800. The van der Waals surface area contributed by atoms with Crippen molar-refractivity contribution in [3.63, 3.8) is 0 Å². The van der Waals surface area contributed by atoms with Crippen molar-refractivity contribution in [2.45, 2.75) is 24.9 Å². The monoisotopic (exact) mass is 211 g/mol. The van der Waals surface area contributed by atoms with E-state index in [1.807, 2.05) is 7.05 Å². The average molecular weight is 211 g/mol. The molecule has 0 radical (unpaired) electrons. The summed E-state index contributed by atoms with van der Waals surface area (Å²) in [6.45, 7) is 0.366. The van der Waals surface area contributed by atoms with Gasteiger partial charge in [0.2, 0.25) is 0 Å². The highest BCUT2D eigenvalue weighted by atomic mass is 16.5. The minimum atomic E-state index is -0.768. The van der Waals surface area contributed by atoms with Crippen LogP contribution in [0.5, 0.6) is 0 Å². The van der Waals surface area contributed by atoms with Gasteiger partial charge in [-0.25, -0.2) is 4.98 Å². The first kappa shape index (κ1) is 10.6. The maximum Gasteiger partial charge on any atom is 0.138 e. The van der Waals surface area contributed by atoms with Gasteiger partial charge in [-0.15, -0.1) is 0 Å². The summed E-state index contributed by atoms with van der Waals surface area (Å²) in [5, 5.41) is 14.4. The Balaban J connectivity index is 2.09. The molecule has 1 heterocycles. The molecule has 1 saturated carbocycles. The zero-order chi connectivity index (χ0) is 10.9. The molecule has 1 aromatic rings. The third-order valence-corrected chi connectivity index (χ3v) is 3.00. The molecule has 1 atom stereocenters. The van der Waals surface area contributed by atoms with Crippen molar-refractivity contribution in [1.82, 2.24) is 14.8 Å². The first-order valence-electron chi connectivity index (χ1n) is 5.20. The highest BCUT2D eigenvalue weighted by molar-refractivity contribution is 5.02. The second-order valence-corrected chi connectivity index (χ2v) is 4.29. The zero-order valence-corrected chi connectivity index (χ0v) is 9.18. The number of ether oxygens (including phenoxy) is 1. The van der Waals surface area contributed by atoms with E-state index in [0.717, 1.165) is 18.7 Å². The van der Waals surface area contributed by atoms with Crippen LogP contribution in [0.3, 0.4) is 0 Å². The molecule has 1 N–H and O–H groups in total. The van der Waals surface area contributed by atoms with E-state index in [2.05, 4.69) is 10.1 Å². The van der Waals surface area contributed by atoms with Gasteiger partial charge in [-0.3, -0.25) is 4.68 Å². The standard InChI is InChI=1S/C10H17N3O2/c1-13-9(11-7-12-13)5-10(14,6-15-2)8-3-4-8/h7-8,14H,3-6H2,1-2H3. The Morgan fingerprint density at radius 2 is 2.40 bits per heavy atom. The van der Waals surface area contributed by atoms with Gasteiger partial charge >= 0.3 is 0 Å². The van der Waals surface area contributed by atoms with Gasteiger partial charge in [0.25, 0.3) is 0 Å². The van der Waals surface area contributed by atoms with Crippen LogP contribution in [0.25, 0.3) is 0 Å². The maximum atomic E-state index is 10.4. The Morgan fingerprint density at radius 3 is 2.87 bits per heavy atom. The summed E-state index contributed by atoms with van der Waals surface area (Å²) in [5.41, 5.74) is -0.768. The molecule has 1 aliphatic rings. The quantitative estimate of drug-likeness (QED) is 0.753. The molecule has 1 aliphatic carbocycles. The van der Waals surface area contributed by atoms with Crippen molar-refractivity contribution in [3.8, 4) is 0 Å². The highest BCUT2D eigenvalue weighted by Crippen LogP contribution is 2.41. The smallest absolute Gasteiger partial charge is 0.138 e. The van der Waals surface area contributed by atoms with Gasteiger partial charge in [0.15, 0.2) is 0 Å². The molecular formula is C10H17N3O2. The Hall–Kier alpha value is -0.940. The average Bonchev–Trinajstić information content (AvgIpc) is 2.95. The second kappa shape index (κ2) is 3.90. The van der Waals surface area contributed by atoms with Gasteiger partial charge in [-0.2, -0.15) is 5.10 Å². The van der Waals surface area contributed by atoms with Gasteiger partial charge < -0.3 is 9.84 Å². The molecule has 1 unspecified atom stereocenters. The van der Waals surface area contributed by atoms with Crippen LogP contribution in [-0.2, 0) is 18.2 Å². The number of nitrogens with zero attached hydrogens (tertiary/aromatic N) is 3. The molecule has 15 heavy (non-hydrogen) atoms. The maximum absolute atomic E-state index is 10.4. The van der Waals surface area contributed by atoms with E-state index in [4.69, 9.17) is 4.74 Å². The summed E-state index contributed by atoms with van der Waals surface area (Å²) in [5.74, 6) is 1.16. The second-order valence-electron chi connectivity index (χ2n) is 4.29. The predicted octanol–water partition coefficient (Wildman–Crippen LogP) is 0.145. The van der Waals surface area contributed by atoms with Crippen molar-refractivity contribution in [2.75, 3.05) is 13.7 Å². The molecule has 5 nitrogen and oxygen atoms in total. The summed E-state index contributed by atoms with van der Waals surface area (Å²) in [6.07, 6.45) is 4.19. The van der Waals surface area contributed by atoms with Gasteiger partial charge in [-0.1, -0.05) is 0 Å². The lowest BCUT2D eigenvalue weighted by Gasteiger charge is -2.26. The van der Waals surface area contributed by atoms with Crippen LogP contribution in [0.1, 0.15) is 18.7 Å². The minimum Gasteiger partial charge on any atom is -0.387 e. The Bertz CT molecular complexity index is 335. The molecule has 0 aromatic carbocycles. The Labute approximate surface area is 89.1 Å². The molecule has 0 spiro atoms. The third kappa shape index (κ3) is 2.18. The number of aliphatic hydroxyl groups is 1. The van der Waals surface area contributed by atoms with Gasteiger partial charge in [-0.05, 0) is 18.8 Å². The van der Waals surface area contributed by atoms with Gasteiger partial charge in [0, 0.05) is 20.6 Å². The van der Waals surface area contributed by atoms with Crippen molar-refractivity contribution < 1.29 is 9.84 Å². The summed E-state index contributed by atoms with van der Waals surface area (Å²) in [4.78, 5) is 4.13. The summed E-state index contributed by atoms with van der Waals surface area (Å²) in [7, 11) is 3.45. The first-order chi connectivity index (χ1) is 7.15. The fourth-order valence-electron chi connectivity index (χ4n) is 1.94. The SMILES string of the molecule is COCC(O)(Cc1ncnn1C)C1CC1. The van der Waals surface area contributed by atoms with E-state index in [0.29, 0.717) is 18.9 Å². The van der Waals surface area contributed by atoms with Crippen LogP contribution < -0.4 is 0 Å². The molecule has 0 saturated heterocycles. The molecule has 1 fully saturated rings. The zero-order valence-electron chi connectivity index (χ0n) is 9.18. The van der Waals surface area contributed by atoms with E-state index in [9.17, 15) is 5.11 Å². The highest BCUT2D eigenvalue weighted by Gasteiger charge is 2.44. The fourth-order valence-corrected chi connectivity index (χ4v) is 1.94. The van der Waals surface area contributed by atoms with Gasteiger partial charge in [0.1, 0.15) is 12.2 Å². The molecule has 84 valence electrons. The Kier molecular flexibility index (Phi) is 2.75. The van der Waals surface area contributed by atoms with Crippen molar-refractivity contribution in [3.05, 3.63) is 12.2 Å². The number of aromatic nitrogens is 3. The van der Waals surface area contributed by atoms with Crippen LogP contribution in [0.4, 0.5) is 0 Å². The number of rotatable bonds is 5. The number of aryl methyl sites for hydroxylation is 1. The first-order valence-corrected chi connectivity index (χ1v) is 5.20. The van der Waals surface area contributed by atoms with E-state index < -0.39 is 5.60 Å². The van der Waals surface area contributed by atoms with Crippen molar-refractivity contribution >= 4 is 0 Å². The van der Waals surface area contributed by atoms with Crippen LogP contribution in [0, 0.1) is 5.92 Å². The summed E-state index contributed by atoms with van der Waals surface area (Å²) < 4.78 is 6.79. The van der Waals surface area contributed by atoms with Crippen molar-refractivity contribution in [2.24, 2.45) is 13.0 Å². The molecule has 1 aromatic heterocycles. The lowest BCUT2D eigenvalue weighted by Crippen LogP contribution is -2.40. The van der Waals surface area contributed by atoms with Crippen LogP contribution in [-0.4, -0.2) is 39.2 Å². The molecule has 0 bridgehead atoms. The van der Waals surface area contributed by atoms with Crippen LogP contribution >= 0.6 is 0 Å². The van der Waals surface area contributed by atoms with Crippen LogP contribution in [0.15, 0.2) is 6.33 Å². The molecule has 2 rings (SSSR count). The van der Waals surface area contributed by atoms with E-state index in [-0.39, 0.29) is 0 Å². The molecular weight excluding hydrogens is 194 g/mol. The summed E-state index contributed by atoms with van der Waals surface area (Å²) in [6, 6.07) is 0. The lowest BCUT2D eigenvalue weighted by atomic mass is 9.94. The van der Waals surface area contributed by atoms with E-state index >= 15 is 0 Å². The third-order valence-electron chi connectivity index (χ3n) is 3.00. The minimum absolute atomic E-state index is 0.356. The largest absolute Gasteiger partial charge is 0.387 e. The van der Waals surface area contributed by atoms with E-state index in [1.165, 1.54) is 6.33 Å². The van der Waals surface area contributed by atoms with Gasteiger partial charge in [0.05, 0.1) is 12.2 Å². The summed E-state index contributed by atoms with van der Waals surface area (Å²) >= 11 is 0. The molecule has 0 amide bonds. The molecule has 5 heteroatoms. The van der Waals surface area contributed by atoms with E-state index in [1.54, 1.807) is 11.8 Å². The normalized spacial score (nSPS) is 20.2. The number of hydrogen-bond acceptors (Lipinski definition) is 4. The number of methoxy groups -OCH3 is 1. The Morgan fingerprint density at radius 1 is 1.67 bits per heavy atom. The molecule has 0 aliphatic heterocycles. The van der Waals surface area contributed by atoms with Crippen LogP contribution in [0.2, 0.25) is 0 Å². The lowest BCUT2D eigenvalue weighted by molar-refractivity contribution is -0.0492. The number of hydrogen-bond donors (Lipinski definition) is 1. The predicted molar refractivity (Wildman–Crippen MR) is 54.3 cm³/mol. The topological polar surface area (TPSA) is 60.2 Å². The van der Waals surface area contributed by atoms with Crippen molar-refractivity contribution in [1.29, 1.82) is 0 Å².